The smallest absolute Gasteiger partial charge is 0.0721 e. The molecule has 0 spiro atoms. The second kappa shape index (κ2) is 10.9. The first-order valence-corrected chi connectivity index (χ1v) is 11.2. The first kappa shape index (κ1) is 20.4. The number of ether oxygens (including phenoxy) is 1. The van der Waals surface area contributed by atoms with Gasteiger partial charge in [-0.3, -0.25) is 0 Å². The second-order valence-electron chi connectivity index (χ2n) is 8.74. The van der Waals surface area contributed by atoms with Crippen molar-refractivity contribution in [3.8, 4) is 0 Å². The van der Waals surface area contributed by atoms with Crippen LogP contribution < -0.4 is 0 Å². The monoisotopic (exact) mass is 366 g/mol. The molecule has 0 bridgehead atoms. The molecule has 0 atom stereocenters. The van der Waals surface area contributed by atoms with Gasteiger partial charge < -0.3 is 4.74 Å². The molecule has 0 N–H and O–H groups in total. The third-order valence-corrected chi connectivity index (χ3v) is 7.00. The van der Waals surface area contributed by atoms with Crippen molar-refractivity contribution in [2.24, 2.45) is 17.8 Å². The maximum Gasteiger partial charge on any atom is 0.0721 e. The van der Waals surface area contributed by atoms with E-state index in [-0.39, 0.29) is 0 Å². The van der Waals surface area contributed by atoms with Crippen molar-refractivity contribution in [1.82, 2.24) is 0 Å². The lowest BCUT2D eigenvalue weighted by Crippen LogP contribution is -2.25. The summed E-state index contributed by atoms with van der Waals surface area (Å²) in [6.07, 6.45) is 18.9. The molecule has 0 saturated heterocycles. The van der Waals surface area contributed by atoms with Gasteiger partial charge in [0.1, 0.15) is 0 Å². The quantitative estimate of drug-likeness (QED) is 0.343. The zero-order valence-corrected chi connectivity index (χ0v) is 17.2. The molecular weight excluding hydrogens is 328 g/mol. The highest BCUT2D eigenvalue weighted by molar-refractivity contribution is 5.25. The van der Waals surface area contributed by atoms with E-state index in [0.29, 0.717) is 13.2 Å². The summed E-state index contributed by atoms with van der Waals surface area (Å²) >= 11 is 0. The van der Waals surface area contributed by atoms with Crippen molar-refractivity contribution >= 4 is 0 Å². The van der Waals surface area contributed by atoms with E-state index in [1.165, 1.54) is 63.4 Å². The molecule has 3 rings (SSSR count). The Kier molecular flexibility index (Phi) is 8.20. The van der Waals surface area contributed by atoms with Gasteiger partial charge in [0.2, 0.25) is 0 Å². The Balaban J connectivity index is 1.42. The summed E-state index contributed by atoms with van der Waals surface area (Å²) in [6.45, 7) is 7.37. The summed E-state index contributed by atoms with van der Waals surface area (Å²) in [5, 5.41) is 0. The molecule has 1 heteroatoms. The average Bonchev–Trinajstić information content (AvgIpc) is 2.73. The van der Waals surface area contributed by atoms with Crippen LogP contribution >= 0.6 is 0 Å². The average molecular weight is 367 g/mol. The van der Waals surface area contributed by atoms with Crippen LogP contribution in [0.25, 0.3) is 0 Å². The largest absolute Gasteiger partial charge is 0.373 e. The Bertz CT molecular complexity index is 569. The van der Waals surface area contributed by atoms with Crippen molar-refractivity contribution in [1.29, 1.82) is 0 Å². The van der Waals surface area contributed by atoms with E-state index < -0.39 is 0 Å². The molecular formula is C26H38O. The molecule has 1 aromatic rings. The fourth-order valence-electron chi connectivity index (χ4n) is 5.28. The summed E-state index contributed by atoms with van der Waals surface area (Å²) in [6, 6.07) is 9.22. The fraction of sp³-hybridized carbons (Fsp3) is 0.615. The highest BCUT2D eigenvalue weighted by Gasteiger charge is 2.30. The number of hydrogen-bond donors (Lipinski definition) is 0. The summed E-state index contributed by atoms with van der Waals surface area (Å²) < 4.78 is 5.66. The number of rotatable bonds is 8. The lowest BCUT2D eigenvalue weighted by Gasteiger charge is -2.38. The van der Waals surface area contributed by atoms with Crippen LogP contribution in [0.4, 0.5) is 0 Å². The first-order valence-electron chi connectivity index (χ1n) is 11.2. The third-order valence-electron chi connectivity index (χ3n) is 7.00. The highest BCUT2D eigenvalue weighted by Crippen LogP contribution is 2.44. The predicted octanol–water partition coefficient (Wildman–Crippen LogP) is 7.44. The standard InChI is InChI=1S/C26H38O/c1-3-5-19-27-20-22-9-13-24(14-10-22)26-17-15-25(16-18-26)23-11-7-21(6-4-2)8-12-23/h3-5,9-10,13-14,21,23,25-26H,2,6-8,11-12,15-20H2,1H3/b5-3+. The summed E-state index contributed by atoms with van der Waals surface area (Å²) in [7, 11) is 0. The maximum absolute atomic E-state index is 5.66. The van der Waals surface area contributed by atoms with Crippen LogP contribution in [0.1, 0.15) is 81.8 Å². The van der Waals surface area contributed by atoms with E-state index >= 15 is 0 Å². The second-order valence-corrected chi connectivity index (χ2v) is 8.74. The Morgan fingerprint density at radius 1 is 0.926 bits per heavy atom. The van der Waals surface area contributed by atoms with E-state index in [0.717, 1.165) is 23.7 Å². The van der Waals surface area contributed by atoms with Gasteiger partial charge in [-0.1, -0.05) is 42.5 Å². The van der Waals surface area contributed by atoms with Gasteiger partial charge in [-0.25, -0.2) is 0 Å². The minimum absolute atomic E-state index is 0.706. The molecule has 0 unspecified atom stereocenters. The van der Waals surface area contributed by atoms with Crippen LogP contribution in [0, 0.1) is 17.8 Å². The summed E-state index contributed by atoms with van der Waals surface area (Å²) in [5.41, 5.74) is 2.83. The van der Waals surface area contributed by atoms with E-state index in [1.54, 1.807) is 5.56 Å². The van der Waals surface area contributed by atoms with E-state index in [1.807, 2.05) is 13.0 Å². The number of allylic oxidation sites excluding steroid dienone is 2. The van der Waals surface area contributed by atoms with Crippen molar-refractivity contribution in [2.75, 3.05) is 6.61 Å². The van der Waals surface area contributed by atoms with Crippen LogP contribution in [0.2, 0.25) is 0 Å². The van der Waals surface area contributed by atoms with Gasteiger partial charge in [0.15, 0.2) is 0 Å². The highest BCUT2D eigenvalue weighted by atomic mass is 16.5. The Hall–Kier alpha value is -1.34. The topological polar surface area (TPSA) is 9.23 Å². The molecule has 2 aliphatic rings. The Morgan fingerprint density at radius 2 is 1.56 bits per heavy atom. The molecule has 27 heavy (non-hydrogen) atoms. The lowest BCUT2D eigenvalue weighted by molar-refractivity contribution is 0.148. The summed E-state index contributed by atoms with van der Waals surface area (Å²) in [4.78, 5) is 0. The van der Waals surface area contributed by atoms with E-state index in [2.05, 4.69) is 43.0 Å². The normalized spacial score (nSPS) is 29.1. The zero-order chi connectivity index (χ0) is 18.9. The van der Waals surface area contributed by atoms with Gasteiger partial charge in [-0.15, -0.1) is 6.58 Å². The van der Waals surface area contributed by atoms with Crippen molar-refractivity contribution in [2.45, 2.75) is 77.2 Å². The van der Waals surface area contributed by atoms with Gasteiger partial charge in [-0.2, -0.15) is 0 Å². The maximum atomic E-state index is 5.66. The Labute approximate surface area is 166 Å². The molecule has 0 aliphatic heterocycles. The van der Waals surface area contributed by atoms with Crippen LogP contribution in [-0.4, -0.2) is 6.61 Å². The predicted molar refractivity (Wildman–Crippen MR) is 116 cm³/mol. The van der Waals surface area contributed by atoms with Gasteiger partial charge in [0.05, 0.1) is 13.2 Å². The van der Waals surface area contributed by atoms with E-state index in [4.69, 9.17) is 4.74 Å². The van der Waals surface area contributed by atoms with Crippen LogP contribution in [-0.2, 0) is 11.3 Å². The van der Waals surface area contributed by atoms with Gasteiger partial charge in [0, 0.05) is 0 Å². The fourth-order valence-corrected chi connectivity index (χ4v) is 5.28. The lowest BCUT2D eigenvalue weighted by atomic mass is 9.68. The number of benzene rings is 1. The van der Waals surface area contributed by atoms with Gasteiger partial charge >= 0.3 is 0 Å². The van der Waals surface area contributed by atoms with Crippen LogP contribution in [0.5, 0.6) is 0 Å². The minimum atomic E-state index is 0.706. The van der Waals surface area contributed by atoms with Crippen LogP contribution in [0.3, 0.4) is 0 Å². The molecule has 2 aliphatic carbocycles. The third kappa shape index (κ3) is 6.07. The molecule has 1 aromatic carbocycles. The number of hydrogen-bond acceptors (Lipinski definition) is 1. The van der Waals surface area contributed by atoms with Gasteiger partial charge in [0.25, 0.3) is 0 Å². The SMILES string of the molecule is C=CCC1CCC(C2CCC(c3ccc(COC/C=C/C)cc3)CC2)CC1. The molecule has 1 nitrogen and oxygen atoms in total. The van der Waals surface area contributed by atoms with Crippen molar-refractivity contribution < 1.29 is 4.74 Å². The van der Waals surface area contributed by atoms with Gasteiger partial charge in [-0.05, 0) is 99.5 Å². The van der Waals surface area contributed by atoms with Crippen LogP contribution in [0.15, 0.2) is 49.1 Å². The minimum Gasteiger partial charge on any atom is -0.373 e. The van der Waals surface area contributed by atoms with E-state index in [9.17, 15) is 0 Å². The summed E-state index contributed by atoms with van der Waals surface area (Å²) in [5.74, 6) is 3.70. The first-order chi connectivity index (χ1) is 13.3. The molecule has 0 aromatic heterocycles. The molecule has 0 amide bonds. The molecule has 0 heterocycles. The molecule has 148 valence electrons. The molecule has 2 fully saturated rings. The zero-order valence-electron chi connectivity index (χ0n) is 17.2. The van der Waals surface area contributed by atoms with Crippen molar-refractivity contribution in [3.63, 3.8) is 0 Å². The Morgan fingerprint density at radius 3 is 2.15 bits per heavy atom. The molecule has 2 saturated carbocycles. The molecule has 0 radical (unpaired) electrons. The van der Waals surface area contributed by atoms with Crippen molar-refractivity contribution in [3.05, 3.63) is 60.2 Å².